The van der Waals surface area contributed by atoms with Crippen molar-refractivity contribution in [3.05, 3.63) is 22.4 Å². The van der Waals surface area contributed by atoms with Crippen molar-refractivity contribution in [2.75, 3.05) is 33.2 Å². The van der Waals surface area contributed by atoms with E-state index in [1.807, 2.05) is 18.4 Å². The van der Waals surface area contributed by atoms with Crippen LogP contribution in [0.3, 0.4) is 0 Å². The van der Waals surface area contributed by atoms with Gasteiger partial charge in [0, 0.05) is 42.5 Å². The molecule has 0 saturated carbocycles. The Morgan fingerprint density at radius 3 is 2.46 bits per heavy atom. The van der Waals surface area contributed by atoms with Crippen molar-refractivity contribution in [3.8, 4) is 0 Å². The van der Waals surface area contributed by atoms with Gasteiger partial charge in [-0.3, -0.25) is 9.89 Å². The minimum Gasteiger partial charge on any atom is -0.356 e. The van der Waals surface area contributed by atoms with E-state index in [2.05, 4.69) is 65.3 Å². The van der Waals surface area contributed by atoms with E-state index in [4.69, 9.17) is 0 Å². The summed E-state index contributed by atoms with van der Waals surface area (Å²) in [7, 11) is 1.91. The van der Waals surface area contributed by atoms with Gasteiger partial charge in [0.25, 0.3) is 0 Å². The van der Waals surface area contributed by atoms with Crippen molar-refractivity contribution in [2.24, 2.45) is 16.3 Å². The van der Waals surface area contributed by atoms with Gasteiger partial charge in [0.1, 0.15) is 0 Å². The Balaban J connectivity index is 0.00000243. The molecule has 0 unspecified atom stereocenters. The third kappa shape index (κ3) is 4.55. The average molecular weight is 490 g/mol. The molecule has 2 fully saturated rings. The minimum absolute atomic E-state index is 0. The number of nitrogens with one attached hydrogen (secondary N) is 1. The second kappa shape index (κ2) is 8.78. The predicted octanol–water partition coefficient (Wildman–Crippen LogP) is 4.27. The van der Waals surface area contributed by atoms with Crippen molar-refractivity contribution in [3.63, 3.8) is 0 Å². The standard InChI is InChI=1S/C20H34N4S.HI/c1-19(2)15-24(20(19,3)4)18(21-5)22-13-16-8-10-23(11-9-16)14-17-7-6-12-25-17;/h6-7,12,16H,8-11,13-15H2,1-5H3,(H,21,22);1H. The highest BCUT2D eigenvalue weighted by molar-refractivity contribution is 14.0. The Hall–Kier alpha value is -0.340. The van der Waals surface area contributed by atoms with Crippen LogP contribution in [0.5, 0.6) is 0 Å². The Labute approximate surface area is 180 Å². The summed E-state index contributed by atoms with van der Waals surface area (Å²) in [6.07, 6.45) is 2.56. The second-order valence-electron chi connectivity index (χ2n) is 8.76. The van der Waals surface area contributed by atoms with Crippen molar-refractivity contribution in [1.82, 2.24) is 15.1 Å². The average Bonchev–Trinajstić information content (AvgIpc) is 3.09. The quantitative estimate of drug-likeness (QED) is 0.389. The highest BCUT2D eigenvalue weighted by Crippen LogP contribution is 2.46. The molecular weight excluding hydrogens is 455 g/mol. The smallest absolute Gasteiger partial charge is 0.194 e. The molecule has 0 bridgehead atoms. The molecule has 0 spiro atoms. The van der Waals surface area contributed by atoms with Crippen LogP contribution in [0.2, 0.25) is 0 Å². The lowest BCUT2D eigenvalue weighted by Crippen LogP contribution is -2.72. The third-order valence-electron chi connectivity index (χ3n) is 6.57. The molecule has 0 aliphatic carbocycles. The normalized spacial score (nSPS) is 23.3. The Morgan fingerprint density at radius 2 is 1.96 bits per heavy atom. The Bertz CT molecular complexity index is 589. The summed E-state index contributed by atoms with van der Waals surface area (Å²) in [5.41, 5.74) is 0.511. The highest BCUT2D eigenvalue weighted by Gasteiger charge is 2.53. The predicted molar refractivity (Wildman–Crippen MR) is 124 cm³/mol. The molecule has 2 aliphatic heterocycles. The summed E-state index contributed by atoms with van der Waals surface area (Å²) in [6.45, 7) is 15.0. The van der Waals surface area contributed by atoms with Gasteiger partial charge >= 0.3 is 0 Å². The number of likely N-dealkylation sites (tertiary alicyclic amines) is 2. The summed E-state index contributed by atoms with van der Waals surface area (Å²) >= 11 is 1.87. The van der Waals surface area contributed by atoms with Crippen molar-refractivity contribution in [2.45, 2.75) is 52.6 Å². The maximum Gasteiger partial charge on any atom is 0.194 e. The first-order valence-electron chi connectivity index (χ1n) is 9.56. The minimum atomic E-state index is 0. The lowest BCUT2D eigenvalue weighted by molar-refractivity contribution is -0.0668. The number of rotatable bonds is 4. The summed E-state index contributed by atoms with van der Waals surface area (Å²) in [4.78, 5) is 11.1. The van der Waals surface area contributed by atoms with Gasteiger partial charge in [-0.1, -0.05) is 19.9 Å². The van der Waals surface area contributed by atoms with Crippen LogP contribution in [0.15, 0.2) is 22.5 Å². The molecule has 0 amide bonds. The molecule has 1 N–H and O–H groups in total. The van der Waals surface area contributed by atoms with Gasteiger partial charge < -0.3 is 10.2 Å². The molecular formula is C20H35IN4S. The summed E-state index contributed by atoms with van der Waals surface area (Å²) in [5, 5.41) is 5.83. The third-order valence-corrected chi connectivity index (χ3v) is 7.43. The van der Waals surface area contributed by atoms with Gasteiger partial charge in [-0.25, -0.2) is 0 Å². The number of thiophene rings is 1. The first-order chi connectivity index (χ1) is 11.8. The number of piperidine rings is 1. The molecule has 0 atom stereocenters. The molecule has 0 aromatic carbocycles. The second-order valence-corrected chi connectivity index (χ2v) is 9.79. The molecule has 4 nitrogen and oxygen atoms in total. The monoisotopic (exact) mass is 490 g/mol. The van der Waals surface area contributed by atoms with Crippen LogP contribution in [0.1, 0.15) is 45.4 Å². The maximum atomic E-state index is 4.54. The van der Waals surface area contributed by atoms with Crippen LogP contribution in [0, 0.1) is 11.3 Å². The fourth-order valence-electron chi connectivity index (χ4n) is 3.90. The number of aliphatic imine (C=N–C) groups is 1. The van der Waals surface area contributed by atoms with Gasteiger partial charge in [0.15, 0.2) is 5.96 Å². The van der Waals surface area contributed by atoms with Crippen LogP contribution in [-0.2, 0) is 6.54 Å². The van der Waals surface area contributed by atoms with E-state index in [1.165, 1.54) is 30.8 Å². The molecule has 1 aromatic heterocycles. The first kappa shape index (κ1) is 22.0. The maximum absolute atomic E-state index is 4.54. The van der Waals surface area contributed by atoms with Gasteiger partial charge in [-0.15, -0.1) is 35.3 Å². The van der Waals surface area contributed by atoms with E-state index in [9.17, 15) is 0 Å². The summed E-state index contributed by atoms with van der Waals surface area (Å²) < 4.78 is 0. The highest BCUT2D eigenvalue weighted by atomic mass is 127. The van der Waals surface area contributed by atoms with E-state index < -0.39 is 0 Å². The zero-order valence-corrected chi connectivity index (χ0v) is 20.1. The van der Waals surface area contributed by atoms with Crippen LogP contribution in [0.25, 0.3) is 0 Å². The number of nitrogens with zero attached hydrogens (tertiary/aromatic N) is 3. The van der Waals surface area contributed by atoms with E-state index in [1.54, 1.807) is 0 Å². The molecule has 2 saturated heterocycles. The van der Waals surface area contributed by atoms with E-state index in [0.717, 1.165) is 31.5 Å². The van der Waals surface area contributed by atoms with Crippen molar-refractivity contribution in [1.29, 1.82) is 0 Å². The summed E-state index contributed by atoms with van der Waals surface area (Å²) in [5.74, 6) is 1.83. The first-order valence-corrected chi connectivity index (χ1v) is 10.4. The Kier molecular flexibility index (Phi) is 7.41. The molecule has 2 aliphatic rings. The number of hydrogen-bond donors (Lipinski definition) is 1. The lowest BCUT2D eigenvalue weighted by Gasteiger charge is -2.62. The van der Waals surface area contributed by atoms with Crippen LogP contribution in [-0.4, -0.2) is 54.5 Å². The summed E-state index contributed by atoms with van der Waals surface area (Å²) in [6, 6.07) is 4.40. The van der Waals surface area contributed by atoms with E-state index in [-0.39, 0.29) is 29.5 Å². The molecule has 3 heterocycles. The molecule has 148 valence electrons. The molecule has 6 heteroatoms. The van der Waals surface area contributed by atoms with Crippen molar-refractivity contribution >= 4 is 41.3 Å². The molecule has 26 heavy (non-hydrogen) atoms. The van der Waals surface area contributed by atoms with Gasteiger partial charge in [-0.05, 0) is 57.1 Å². The molecule has 3 rings (SSSR count). The SMILES string of the molecule is CN=C(NCC1CCN(Cc2cccs2)CC1)N1CC(C)(C)C1(C)C.I. The number of hydrogen-bond acceptors (Lipinski definition) is 3. The largest absolute Gasteiger partial charge is 0.356 e. The van der Waals surface area contributed by atoms with E-state index in [0.29, 0.717) is 5.41 Å². The van der Waals surface area contributed by atoms with Gasteiger partial charge in [-0.2, -0.15) is 0 Å². The number of halogens is 1. The zero-order valence-electron chi connectivity index (χ0n) is 16.9. The van der Waals surface area contributed by atoms with Crippen LogP contribution >= 0.6 is 35.3 Å². The Morgan fingerprint density at radius 1 is 1.27 bits per heavy atom. The van der Waals surface area contributed by atoms with E-state index >= 15 is 0 Å². The van der Waals surface area contributed by atoms with Crippen molar-refractivity contribution < 1.29 is 0 Å². The molecule has 0 radical (unpaired) electrons. The van der Waals surface area contributed by atoms with Gasteiger partial charge in [0.2, 0.25) is 0 Å². The van der Waals surface area contributed by atoms with Gasteiger partial charge in [0.05, 0.1) is 0 Å². The topological polar surface area (TPSA) is 30.9 Å². The molecule has 1 aromatic rings. The number of guanidine groups is 1. The fourth-order valence-corrected chi connectivity index (χ4v) is 4.65. The van der Waals surface area contributed by atoms with Crippen LogP contribution < -0.4 is 5.32 Å². The fraction of sp³-hybridized carbons (Fsp3) is 0.750. The lowest BCUT2D eigenvalue weighted by atomic mass is 9.65. The van der Waals surface area contributed by atoms with Crippen LogP contribution in [0.4, 0.5) is 0 Å². The zero-order chi connectivity index (χ0) is 18.1.